The highest BCUT2D eigenvalue weighted by Crippen LogP contribution is 2.37. The van der Waals surface area contributed by atoms with Crippen molar-refractivity contribution in [2.45, 2.75) is 32.1 Å². The van der Waals surface area contributed by atoms with Crippen LogP contribution in [0.25, 0.3) is 22.4 Å². The molecule has 0 saturated heterocycles. The minimum Gasteiger partial charge on any atom is -0.494 e. The number of nitrogens with zero attached hydrogens (tertiary/aromatic N) is 2. The van der Waals surface area contributed by atoms with Gasteiger partial charge in [0.05, 0.1) is 13.2 Å². The van der Waals surface area contributed by atoms with Crippen LogP contribution in [0.2, 0.25) is 0 Å². The van der Waals surface area contributed by atoms with Crippen LogP contribution in [-0.4, -0.2) is 35.4 Å². The Labute approximate surface area is 225 Å². The Morgan fingerprint density at radius 2 is 1.77 bits per heavy atom. The number of oxazole rings is 1. The molecule has 2 amide bonds. The summed E-state index contributed by atoms with van der Waals surface area (Å²) in [7, 11) is 1.30. The minimum atomic E-state index is -4.68. The Kier molecular flexibility index (Phi) is 8.05. The van der Waals surface area contributed by atoms with Gasteiger partial charge in [0, 0.05) is 17.5 Å². The second-order valence-electron chi connectivity index (χ2n) is 8.78. The van der Waals surface area contributed by atoms with Gasteiger partial charge in [-0.3, -0.25) is 9.59 Å². The largest absolute Gasteiger partial charge is 0.494 e. The Balaban J connectivity index is 1.78. The predicted octanol–water partition coefficient (Wildman–Crippen LogP) is 4.68. The molecule has 40 heavy (non-hydrogen) atoms. The number of aromatic nitrogens is 2. The van der Waals surface area contributed by atoms with Gasteiger partial charge in [-0.2, -0.15) is 13.2 Å². The summed E-state index contributed by atoms with van der Waals surface area (Å²) in [5.41, 5.74) is 5.16. The first-order valence-electron chi connectivity index (χ1n) is 12.1. The van der Waals surface area contributed by atoms with E-state index in [0.29, 0.717) is 5.56 Å². The highest BCUT2D eigenvalue weighted by molar-refractivity contribution is 5.99. The Bertz CT molecular complexity index is 1550. The van der Waals surface area contributed by atoms with E-state index < -0.39 is 41.6 Å². The molecule has 210 valence electrons. The first-order chi connectivity index (χ1) is 18.9. The quantitative estimate of drug-likeness (QED) is 0.267. The van der Waals surface area contributed by atoms with Crippen LogP contribution in [0, 0.1) is 5.82 Å². The van der Waals surface area contributed by atoms with Gasteiger partial charge in [-0.25, -0.2) is 14.4 Å². The lowest BCUT2D eigenvalue weighted by molar-refractivity contribution is -0.141. The maximum Gasteiger partial charge on any atom is 0.433 e. The molecule has 0 unspecified atom stereocenters. The van der Waals surface area contributed by atoms with Crippen LogP contribution < -0.4 is 21.1 Å². The van der Waals surface area contributed by atoms with E-state index in [4.69, 9.17) is 14.9 Å². The molecule has 2 atom stereocenters. The van der Waals surface area contributed by atoms with E-state index in [2.05, 4.69) is 20.6 Å². The van der Waals surface area contributed by atoms with E-state index in [-0.39, 0.29) is 46.1 Å². The molecule has 4 rings (SSSR count). The van der Waals surface area contributed by atoms with E-state index in [1.807, 2.05) is 0 Å². The number of hydrogen-bond acceptors (Lipinski definition) is 7. The first kappa shape index (κ1) is 28.5. The van der Waals surface area contributed by atoms with Crippen molar-refractivity contribution in [3.8, 4) is 17.2 Å². The molecular weight excluding hydrogens is 534 g/mol. The Hall–Kier alpha value is -4.52. The number of fused-ring (bicyclic) bond motifs is 1. The van der Waals surface area contributed by atoms with Gasteiger partial charge >= 0.3 is 6.18 Å². The first-order valence-corrected chi connectivity index (χ1v) is 12.1. The third-order valence-corrected chi connectivity index (χ3v) is 5.93. The monoisotopic (exact) mass is 559 g/mol. The molecule has 0 saturated carbocycles. The fourth-order valence-corrected chi connectivity index (χ4v) is 4.05. The molecule has 0 radical (unpaired) electrons. The zero-order chi connectivity index (χ0) is 29.2. The van der Waals surface area contributed by atoms with Crippen LogP contribution in [0.4, 0.5) is 17.6 Å². The highest BCUT2D eigenvalue weighted by atomic mass is 19.4. The summed E-state index contributed by atoms with van der Waals surface area (Å²) in [5.74, 6) is -1.91. The fourth-order valence-electron chi connectivity index (χ4n) is 4.05. The molecule has 0 aliphatic carbocycles. The molecule has 9 nitrogen and oxygen atoms in total. The molecular formula is C27H25F4N5O4. The molecule has 0 bridgehead atoms. The van der Waals surface area contributed by atoms with Gasteiger partial charge in [-0.1, -0.05) is 12.1 Å². The number of methoxy groups -OCH3 is 1. The van der Waals surface area contributed by atoms with Gasteiger partial charge in [0.2, 0.25) is 11.8 Å². The average molecular weight is 560 g/mol. The van der Waals surface area contributed by atoms with Crippen molar-refractivity contribution in [1.29, 1.82) is 0 Å². The number of likely N-dealkylation sites (N-methyl/N-ethyl adjacent to an activating group) is 1. The van der Waals surface area contributed by atoms with Crippen LogP contribution in [0.5, 0.6) is 5.75 Å². The van der Waals surface area contributed by atoms with Crippen molar-refractivity contribution in [1.82, 2.24) is 20.6 Å². The number of carbonyl (C=O) groups excluding carboxylic acids is 2. The highest BCUT2D eigenvalue weighted by Gasteiger charge is 2.34. The number of halogens is 4. The molecule has 4 aromatic rings. The molecule has 0 aliphatic rings. The lowest BCUT2D eigenvalue weighted by Crippen LogP contribution is -2.40. The van der Waals surface area contributed by atoms with Gasteiger partial charge in [0.15, 0.2) is 11.5 Å². The number of amides is 2. The molecule has 2 aromatic carbocycles. The summed E-state index contributed by atoms with van der Waals surface area (Å²) < 4.78 is 64.5. The van der Waals surface area contributed by atoms with Crippen LogP contribution in [0.3, 0.4) is 0 Å². The second-order valence-corrected chi connectivity index (χ2v) is 8.78. The zero-order valence-electron chi connectivity index (χ0n) is 21.6. The summed E-state index contributed by atoms with van der Waals surface area (Å²) in [6.45, 7) is 3.52. The Morgan fingerprint density at radius 1 is 1.07 bits per heavy atom. The molecule has 0 fully saturated rings. The van der Waals surface area contributed by atoms with Gasteiger partial charge in [0.1, 0.15) is 28.8 Å². The van der Waals surface area contributed by atoms with Crippen molar-refractivity contribution in [2.24, 2.45) is 5.73 Å². The molecule has 2 heterocycles. The molecule has 4 N–H and O–H groups in total. The van der Waals surface area contributed by atoms with E-state index in [9.17, 15) is 27.2 Å². The van der Waals surface area contributed by atoms with Gasteiger partial charge in [-0.05, 0) is 55.8 Å². The molecule has 0 aliphatic heterocycles. The summed E-state index contributed by atoms with van der Waals surface area (Å²) in [6.07, 6.45) is -4.68. The van der Waals surface area contributed by atoms with Crippen LogP contribution >= 0.6 is 0 Å². The van der Waals surface area contributed by atoms with Gasteiger partial charge in [-0.15, -0.1) is 0 Å². The fraction of sp³-hybridized carbons (Fsp3) is 0.259. The molecule has 2 aromatic heterocycles. The van der Waals surface area contributed by atoms with E-state index in [1.165, 1.54) is 37.4 Å². The van der Waals surface area contributed by atoms with Crippen LogP contribution in [0.1, 0.15) is 53.4 Å². The maximum absolute atomic E-state index is 13.5. The second kappa shape index (κ2) is 11.3. The summed E-state index contributed by atoms with van der Waals surface area (Å²) in [6, 6.07) is 7.95. The van der Waals surface area contributed by atoms with E-state index >= 15 is 0 Å². The number of ether oxygens (including phenoxy) is 1. The normalized spacial score (nSPS) is 13.1. The molecule has 13 heteroatoms. The Morgan fingerprint density at radius 3 is 2.38 bits per heavy atom. The lowest BCUT2D eigenvalue weighted by Gasteiger charge is -2.18. The summed E-state index contributed by atoms with van der Waals surface area (Å²) in [4.78, 5) is 34.2. The number of benzene rings is 2. The summed E-state index contributed by atoms with van der Waals surface area (Å²) in [5, 5.41) is 5.42. The number of carbonyl (C=O) groups is 2. The molecule has 0 spiro atoms. The standard InChI is InChI=1S/C27H25F4N5O4/c1-4-33-24(37)20(14-5-7-15(28)8-6-14)35-25(38)22-23(13(2)32)40-26(36-22)17-9-11-18(39-3)21-16(17)10-12-19(34-21)27(29,30)31/h5-13,20H,4,32H2,1-3H3,(H,33,37)(H,35,38)/t13-,20-/m0/s1. The third kappa shape index (κ3) is 5.73. The topological polar surface area (TPSA) is 132 Å². The van der Waals surface area contributed by atoms with E-state index in [0.717, 1.165) is 18.2 Å². The van der Waals surface area contributed by atoms with Gasteiger partial charge < -0.3 is 25.5 Å². The van der Waals surface area contributed by atoms with Crippen LogP contribution in [0.15, 0.2) is 52.9 Å². The van der Waals surface area contributed by atoms with Crippen molar-refractivity contribution < 1.29 is 36.3 Å². The minimum absolute atomic E-state index is 0.0231. The van der Waals surface area contributed by atoms with Crippen molar-refractivity contribution in [2.75, 3.05) is 13.7 Å². The smallest absolute Gasteiger partial charge is 0.433 e. The SMILES string of the molecule is CCNC(=O)[C@@H](NC(=O)c1nc(-c2ccc(OC)c3nc(C(F)(F)F)ccc23)oc1[C@H](C)N)c1ccc(F)cc1. The number of pyridine rings is 1. The maximum atomic E-state index is 13.5. The number of alkyl halides is 3. The number of nitrogens with two attached hydrogens (primary N) is 1. The van der Waals surface area contributed by atoms with Crippen molar-refractivity contribution >= 4 is 22.7 Å². The van der Waals surface area contributed by atoms with Gasteiger partial charge in [0.25, 0.3) is 5.91 Å². The van der Waals surface area contributed by atoms with Crippen LogP contribution in [-0.2, 0) is 11.0 Å². The predicted molar refractivity (Wildman–Crippen MR) is 137 cm³/mol. The zero-order valence-corrected chi connectivity index (χ0v) is 21.6. The lowest BCUT2D eigenvalue weighted by atomic mass is 10.1. The number of rotatable bonds is 8. The van der Waals surface area contributed by atoms with Crippen molar-refractivity contribution in [3.05, 3.63) is 77.1 Å². The number of hydrogen-bond donors (Lipinski definition) is 3. The number of nitrogens with one attached hydrogen (secondary N) is 2. The van der Waals surface area contributed by atoms with E-state index in [1.54, 1.807) is 13.8 Å². The third-order valence-electron chi connectivity index (χ3n) is 5.93. The van der Waals surface area contributed by atoms with Crippen molar-refractivity contribution in [3.63, 3.8) is 0 Å². The average Bonchev–Trinajstić information content (AvgIpc) is 3.37. The summed E-state index contributed by atoms with van der Waals surface area (Å²) >= 11 is 0.